The maximum atomic E-state index is 10.5. The Morgan fingerprint density at radius 3 is 2.83 bits per heavy atom. The minimum atomic E-state index is -0.761. The first-order valence-electron chi connectivity index (χ1n) is 5.57. The molecule has 0 fully saturated rings. The lowest BCUT2D eigenvalue weighted by molar-refractivity contribution is -0.136. The van der Waals surface area contributed by atoms with Crippen molar-refractivity contribution in [3.8, 4) is 0 Å². The molecule has 0 saturated heterocycles. The summed E-state index contributed by atoms with van der Waals surface area (Å²) >= 11 is 3.34. The second kappa shape index (κ2) is 6.56. The van der Waals surface area contributed by atoms with Crippen molar-refractivity contribution in [1.82, 2.24) is 4.98 Å². The van der Waals surface area contributed by atoms with Crippen LogP contribution in [0.15, 0.2) is 41.4 Å². The van der Waals surface area contributed by atoms with Gasteiger partial charge in [-0.25, -0.2) is 4.98 Å². The van der Waals surface area contributed by atoms with Crippen molar-refractivity contribution >= 4 is 29.1 Å². The Labute approximate surface area is 114 Å². The number of carbonyl (C=O) groups is 1. The summed E-state index contributed by atoms with van der Waals surface area (Å²) in [6.07, 6.45) is 2.53. The molecule has 2 aromatic rings. The van der Waals surface area contributed by atoms with Crippen molar-refractivity contribution in [3.05, 3.63) is 46.4 Å². The van der Waals surface area contributed by atoms with Gasteiger partial charge in [0.05, 0.1) is 12.2 Å². The average molecular weight is 279 g/mol. The highest BCUT2D eigenvalue weighted by Gasteiger charge is 2.05. The van der Waals surface area contributed by atoms with Gasteiger partial charge in [0.1, 0.15) is 5.01 Å². The third-order valence-corrected chi connectivity index (χ3v) is 4.56. The predicted octanol–water partition coefficient (Wildman–Crippen LogP) is 3.45. The number of thiazole rings is 1. The number of aromatic nitrogens is 1. The Balaban J connectivity index is 1.85. The summed E-state index contributed by atoms with van der Waals surface area (Å²) in [7, 11) is 0. The number of aliphatic carboxylic acids is 1. The SMILES string of the molecule is O=C(O)CCc1cnc(CSc2ccccc2)s1. The molecule has 0 aliphatic heterocycles. The number of carboxylic acids is 1. The molecule has 0 bridgehead atoms. The minimum absolute atomic E-state index is 0.174. The van der Waals surface area contributed by atoms with Gasteiger partial charge in [-0.15, -0.1) is 23.1 Å². The van der Waals surface area contributed by atoms with E-state index in [1.165, 1.54) is 4.90 Å². The van der Waals surface area contributed by atoms with Crippen LogP contribution in [-0.4, -0.2) is 16.1 Å². The van der Waals surface area contributed by atoms with E-state index in [1.807, 2.05) is 18.2 Å². The molecule has 0 spiro atoms. The fourth-order valence-electron chi connectivity index (χ4n) is 1.42. The van der Waals surface area contributed by atoms with Crippen LogP contribution in [-0.2, 0) is 17.0 Å². The fraction of sp³-hybridized carbons (Fsp3) is 0.231. The highest BCUT2D eigenvalue weighted by atomic mass is 32.2. The number of aryl methyl sites for hydroxylation is 1. The molecule has 3 nitrogen and oxygen atoms in total. The van der Waals surface area contributed by atoms with Crippen LogP contribution in [0.25, 0.3) is 0 Å². The van der Waals surface area contributed by atoms with Crippen LogP contribution in [0.3, 0.4) is 0 Å². The zero-order valence-corrected chi connectivity index (χ0v) is 11.3. The summed E-state index contributed by atoms with van der Waals surface area (Å²) in [5.41, 5.74) is 0. The molecule has 2 rings (SSSR count). The number of hydrogen-bond donors (Lipinski definition) is 1. The molecule has 0 radical (unpaired) electrons. The maximum absolute atomic E-state index is 10.5. The number of nitrogens with zero attached hydrogens (tertiary/aromatic N) is 1. The quantitative estimate of drug-likeness (QED) is 0.823. The summed E-state index contributed by atoms with van der Waals surface area (Å²) in [5.74, 6) is 0.0745. The molecule has 1 N–H and O–H groups in total. The molecule has 94 valence electrons. The lowest BCUT2D eigenvalue weighted by atomic mass is 10.3. The normalized spacial score (nSPS) is 10.4. The first-order valence-corrected chi connectivity index (χ1v) is 7.37. The summed E-state index contributed by atoms with van der Waals surface area (Å²) in [6.45, 7) is 0. The molecular formula is C13H13NO2S2. The number of benzene rings is 1. The van der Waals surface area contributed by atoms with E-state index >= 15 is 0 Å². The first kappa shape index (κ1) is 13.1. The third-order valence-electron chi connectivity index (χ3n) is 2.29. The van der Waals surface area contributed by atoms with Gasteiger partial charge in [0.15, 0.2) is 0 Å². The highest BCUT2D eigenvalue weighted by Crippen LogP contribution is 2.25. The summed E-state index contributed by atoms with van der Waals surface area (Å²) < 4.78 is 0. The molecule has 0 aliphatic carbocycles. The minimum Gasteiger partial charge on any atom is -0.481 e. The van der Waals surface area contributed by atoms with Crippen molar-refractivity contribution in [2.75, 3.05) is 0 Å². The maximum Gasteiger partial charge on any atom is 0.303 e. The third kappa shape index (κ3) is 4.16. The van der Waals surface area contributed by atoms with Crippen molar-refractivity contribution in [2.45, 2.75) is 23.5 Å². The topological polar surface area (TPSA) is 50.2 Å². The fourth-order valence-corrected chi connectivity index (χ4v) is 3.27. The Morgan fingerprint density at radius 1 is 1.33 bits per heavy atom. The van der Waals surface area contributed by atoms with Gasteiger partial charge in [-0.05, 0) is 18.6 Å². The van der Waals surface area contributed by atoms with Crippen LogP contribution in [0.1, 0.15) is 16.3 Å². The van der Waals surface area contributed by atoms with Gasteiger partial charge < -0.3 is 5.11 Å². The van der Waals surface area contributed by atoms with Gasteiger partial charge in [-0.1, -0.05) is 18.2 Å². The number of hydrogen-bond acceptors (Lipinski definition) is 4. The molecule has 1 heterocycles. The van der Waals surface area contributed by atoms with Crippen LogP contribution in [0.2, 0.25) is 0 Å². The van der Waals surface area contributed by atoms with E-state index in [-0.39, 0.29) is 6.42 Å². The van der Waals surface area contributed by atoms with Crippen molar-refractivity contribution in [1.29, 1.82) is 0 Å². The van der Waals surface area contributed by atoms with Crippen molar-refractivity contribution < 1.29 is 9.90 Å². The molecule has 0 saturated carbocycles. The van der Waals surface area contributed by atoms with E-state index in [1.54, 1.807) is 29.3 Å². The standard InChI is InChI=1S/C13H13NO2S2/c15-13(16)7-6-11-8-14-12(18-11)9-17-10-4-2-1-3-5-10/h1-5,8H,6-7,9H2,(H,15,16). The van der Waals surface area contributed by atoms with E-state index < -0.39 is 5.97 Å². The Hall–Kier alpha value is -1.33. The molecule has 18 heavy (non-hydrogen) atoms. The van der Waals surface area contributed by atoms with Crippen LogP contribution in [0.5, 0.6) is 0 Å². The van der Waals surface area contributed by atoms with Crippen LogP contribution >= 0.6 is 23.1 Å². The van der Waals surface area contributed by atoms with Gasteiger partial charge in [-0.3, -0.25) is 4.79 Å². The highest BCUT2D eigenvalue weighted by molar-refractivity contribution is 7.98. The first-order chi connectivity index (χ1) is 8.74. The van der Waals surface area contributed by atoms with E-state index in [4.69, 9.17) is 5.11 Å². The molecule has 1 aromatic carbocycles. The van der Waals surface area contributed by atoms with E-state index in [9.17, 15) is 4.79 Å². The predicted molar refractivity (Wildman–Crippen MR) is 74.1 cm³/mol. The zero-order chi connectivity index (χ0) is 12.8. The Morgan fingerprint density at radius 2 is 2.11 bits per heavy atom. The van der Waals surface area contributed by atoms with E-state index in [0.717, 1.165) is 15.6 Å². The molecule has 0 amide bonds. The molecule has 5 heteroatoms. The molecule has 0 unspecified atom stereocenters. The number of carboxylic acid groups (broad SMARTS) is 1. The summed E-state index contributed by atoms with van der Waals surface area (Å²) in [6, 6.07) is 10.2. The number of rotatable bonds is 6. The second-order valence-electron chi connectivity index (χ2n) is 3.72. The molecule has 1 aromatic heterocycles. The van der Waals surface area contributed by atoms with Gasteiger partial charge in [0.2, 0.25) is 0 Å². The lowest BCUT2D eigenvalue weighted by Gasteiger charge is -1.97. The zero-order valence-electron chi connectivity index (χ0n) is 9.70. The van der Waals surface area contributed by atoms with Gasteiger partial charge in [0, 0.05) is 16.0 Å². The average Bonchev–Trinajstić information content (AvgIpc) is 2.83. The largest absolute Gasteiger partial charge is 0.481 e. The monoisotopic (exact) mass is 279 g/mol. The van der Waals surface area contributed by atoms with Crippen molar-refractivity contribution in [3.63, 3.8) is 0 Å². The smallest absolute Gasteiger partial charge is 0.303 e. The summed E-state index contributed by atoms with van der Waals surface area (Å²) in [5, 5.41) is 9.66. The molecular weight excluding hydrogens is 266 g/mol. The van der Waals surface area contributed by atoms with E-state index in [2.05, 4.69) is 17.1 Å². The van der Waals surface area contributed by atoms with Crippen LogP contribution in [0, 0.1) is 0 Å². The number of thioether (sulfide) groups is 1. The summed E-state index contributed by atoms with van der Waals surface area (Å²) in [4.78, 5) is 17.0. The lowest BCUT2D eigenvalue weighted by Crippen LogP contribution is -1.95. The Kier molecular flexibility index (Phi) is 4.78. The Bertz CT molecular complexity index is 511. The molecule has 0 aliphatic rings. The van der Waals surface area contributed by atoms with Crippen molar-refractivity contribution in [2.24, 2.45) is 0 Å². The van der Waals surface area contributed by atoms with Crippen LogP contribution < -0.4 is 0 Å². The van der Waals surface area contributed by atoms with Gasteiger partial charge in [0.25, 0.3) is 0 Å². The second-order valence-corrected chi connectivity index (χ2v) is 5.96. The van der Waals surface area contributed by atoms with Gasteiger partial charge in [-0.2, -0.15) is 0 Å². The van der Waals surface area contributed by atoms with E-state index in [0.29, 0.717) is 6.42 Å². The van der Waals surface area contributed by atoms with Crippen LogP contribution in [0.4, 0.5) is 0 Å². The molecule has 0 atom stereocenters. The van der Waals surface area contributed by atoms with Gasteiger partial charge >= 0.3 is 5.97 Å².